The van der Waals surface area contributed by atoms with Gasteiger partial charge in [-0.2, -0.15) is 0 Å². The first kappa shape index (κ1) is 18.8. The summed E-state index contributed by atoms with van der Waals surface area (Å²) in [5, 5.41) is 9.51. The van der Waals surface area contributed by atoms with Crippen molar-refractivity contribution in [1.29, 1.82) is 0 Å². The minimum absolute atomic E-state index is 0.0562. The number of halogens is 2. The Balaban J connectivity index is 1.31. The summed E-state index contributed by atoms with van der Waals surface area (Å²) >= 11 is 11.2. The lowest BCUT2D eigenvalue weighted by atomic mass is 10.0. The zero-order chi connectivity index (χ0) is 18.8. The van der Waals surface area contributed by atoms with E-state index < -0.39 is 0 Å². The largest absolute Gasteiger partial charge is 0.492 e. The van der Waals surface area contributed by atoms with Gasteiger partial charge in [0.05, 0.1) is 21.3 Å². The van der Waals surface area contributed by atoms with Crippen LogP contribution in [0.2, 0.25) is 5.02 Å². The number of hydrogen-bond acceptors (Lipinski definition) is 5. The van der Waals surface area contributed by atoms with Gasteiger partial charge in [0.25, 0.3) is 0 Å². The highest BCUT2D eigenvalue weighted by atomic mass is 79.9. The van der Waals surface area contributed by atoms with E-state index >= 15 is 0 Å². The number of rotatable bonds is 6. The van der Waals surface area contributed by atoms with Gasteiger partial charge in [-0.1, -0.05) is 11.6 Å². The van der Waals surface area contributed by atoms with Crippen molar-refractivity contribution in [2.45, 2.75) is 18.9 Å². The maximum Gasteiger partial charge on any atom is 0.201 e. The molecule has 1 aliphatic rings. The molecule has 0 spiro atoms. The summed E-state index contributed by atoms with van der Waals surface area (Å²) in [5.41, 5.74) is 2.04. The summed E-state index contributed by atoms with van der Waals surface area (Å²) in [7, 11) is 0. The number of nitrogens with one attached hydrogen (secondary N) is 3. The van der Waals surface area contributed by atoms with Crippen molar-refractivity contribution >= 4 is 54.9 Å². The normalized spacial score (nSPS) is 16.1. The molecule has 1 aliphatic heterocycles. The molecule has 2 aromatic heterocycles. The third kappa shape index (κ3) is 4.16. The molecule has 0 amide bonds. The molecule has 27 heavy (non-hydrogen) atoms. The van der Waals surface area contributed by atoms with Crippen molar-refractivity contribution in [2.24, 2.45) is 0 Å². The van der Waals surface area contributed by atoms with Gasteiger partial charge in [-0.15, -0.1) is 11.3 Å². The van der Waals surface area contributed by atoms with Crippen LogP contribution in [0.25, 0.3) is 10.2 Å². The van der Waals surface area contributed by atoms with E-state index in [9.17, 15) is 4.79 Å². The lowest BCUT2D eigenvalue weighted by Gasteiger charge is -2.28. The Labute approximate surface area is 174 Å². The van der Waals surface area contributed by atoms with E-state index in [0.29, 0.717) is 11.6 Å². The van der Waals surface area contributed by atoms with Crippen LogP contribution in [-0.2, 0) is 0 Å². The number of benzene rings is 1. The van der Waals surface area contributed by atoms with Gasteiger partial charge in [0.2, 0.25) is 5.43 Å². The molecule has 1 unspecified atom stereocenters. The smallest absolute Gasteiger partial charge is 0.201 e. The predicted octanol–water partition coefficient (Wildman–Crippen LogP) is 4.92. The number of ether oxygens (including phenoxy) is 1. The Morgan fingerprint density at radius 3 is 3.11 bits per heavy atom. The van der Waals surface area contributed by atoms with Crippen molar-refractivity contribution in [1.82, 2.24) is 10.3 Å². The van der Waals surface area contributed by atoms with Crippen LogP contribution >= 0.6 is 38.9 Å². The van der Waals surface area contributed by atoms with E-state index in [-0.39, 0.29) is 11.5 Å². The summed E-state index contributed by atoms with van der Waals surface area (Å²) in [5.74, 6) is 1.64. The summed E-state index contributed by atoms with van der Waals surface area (Å²) in [6.45, 7) is 2.31. The minimum Gasteiger partial charge on any atom is -0.492 e. The van der Waals surface area contributed by atoms with Gasteiger partial charge in [0.15, 0.2) is 0 Å². The van der Waals surface area contributed by atoms with E-state index in [1.54, 1.807) is 6.07 Å². The second kappa shape index (κ2) is 8.22. The summed E-state index contributed by atoms with van der Waals surface area (Å²) in [6.07, 6.45) is 1.84. The number of anilines is 1. The molecule has 3 heterocycles. The molecule has 0 saturated heterocycles. The molecular formula is C19H19BrClN3O2S. The molecule has 1 atom stereocenters. The zero-order valence-corrected chi connectivity index (χ0v) is 17.6. The molecule has 4 rings (SSSR count). The zero-order valence-electron chi connectivity index (χ0n) is 14.5. The topological polar surface area (TPSA) is 66.2 Å². The SMILES string of the molecule is O=c1cc(NCCCNC2CCOc3c(Br)cc(Cl)cc32)[nH]c2ccsc12. The summed E-state index contributed by atoms with van der Waals surface area (Å²) < 4.78 is 7.44. The molecule has 0 fully saturated rings. The van der Waals surface area contributed by atoms with Crippen LogP contribution in [0, 0.1) is 0 Å². The van der Waals surface area contributed by atoms with Crippen LogP contribution in [0.1, 0.15) is 24.4 Å². The third-order valence-electron chi connectivity index (χ3n) is 4.56. The van der Waals surface area contributed by atoms with Gasteiger partial charge in [-0.25, -0.2) is 0 Å². The Kier molecular flexibility index (Phi) is 5.73. The highest BCUT2D eigenvalue weighted by molar-refractivity contribution is 9.10. The number of aromatic amines is 1. The van der Waals surface area contributed by atoms with E-state index in [2.05, 4.69) is 31.5 Å². The van der Waals surface area contributed by atoms with Gasteiger partial charge in [0, 0.05) is 35.7 Å². The first-order valence-electron chi connectivity index (χ1n) is 8.81. The van der Waals surface area contributed by atoms with Gasteiger partial charge in [0.1, 0.15) is 11.6 Å². The monoisotopic (exact) mass is 467 g/mol. The molecule has 5 nitrogen and oxygen atoms in total. The third-order valence-corrected chi connectivity index (χ3v) is 6.30. The van der Waals surface area contributed by atoms with Crippen LogP contribution in [-0.4, -0.2) is 24.7 Å². The van der Waals surface area contributed by atoms with Crippen LogP contribution in [0.15, 0.2) is 38.9 Å². The van der Waals surface area contributed by atoms with Crippen LogP contribution in [0.4, 0.5) is 5.82 Å². The molecule has 0 radical (unpaired) electrons. The van der Waals surface area contributed by atoms with E-state index in [1.807, 2.05) is 23.6 Å². The van der Waals surface area contributed by atoms with Gasteiger partial charge < -0.3 is 20.4 Å². The van der Waals surface area contributed by atoms with Crippen molar-refractivity contribution in [2.75, 3.05) is 25.0 Å². The molecule has 8 heteroatoms. The summed E-state index contributed by atoms with van der Waals surface area (Å²) in [4.78, 5) is 15.3. The number of pyridine rings is 1. The molecule has 0 saturated carbocycles. The Morgan fingerprint density at radius 1 is 1.33 bits per heavy atom. The van der Waals surface area contributed by atoms with Crippen molar-refractivity contribution in [3.8, 4) is 5.75 Å². The lowest BCUT2D eigenvalue weighted by Crippen LogP contribution is -2.29. The van der Waals surface area contributed by atoms with Gasteiger partial charge in [-0.3, -0.25) is 4.79 Å². The first-order valence-corrected chi connectivity index (χ1v) is 10.9. The highest BCUT2D eigenvalue weighted by Gasteiger charge is 2.23. The number of aromatic nitrogens is 1. The minimum atomic E-state index is 0.0562. The molecular weight excluding hydrogens is 450 g/mol. The molecule has 3 aromatic rings. The lowest BCUT2D eigenvalue weighted by molar-refractivity contribution is 0.251. The second-order valence-electron chi connectivity index (χ2n) is 6.44. The van der Waals surface area contributed by atoms with Crippen LogP contribution in [0.3, 0.4) is 0 Å². The fraction of sp³-hybridized carbons (Fsp3) is 0.316. The quantitative estimate of drug-likeness (QED) is 0.449. The Hall–Kier alpha value is -1.54. The maximum absolute atomic E-state index is 12.0. The van der Waals surface area contributed by atoms with Gasteiger partial charge in [-0.05, 0) is 52.5 Å². The molecule has 142 valence electrons. The first-order chi connectivity index (χ1) is 13.1. The predicted molar refractivity (Wildman–Crippen MR) is 116 cm³/mol. The van der Waals surface area contributed by atoms with Crippen molar-refractivity contribution in [3.05, 3.63) is 54.9 Å². The summed E-state index contributed by atoms with van der Waals surface area (Å²) in [6, 6.07) is 7.61. The number of hydrogen-bond donors (Lipinski definition) is 3. The van der Waals surface area contributed by atoms with Crippen molar-refractivity contribution < 1.29 is 4.74 Å². The molecule has 1 aromatic carbocycles. The Bertz CT molecular complexity index is 1020. The van der Waals surface area contributed by atoms with E-state index in [1.165, 1.54) is 11.3 Å². The van der Waals surface area contributed by atoms with E-state index in [0.717, 1.165) is 57.8 Å². The fourth-order valence-electron chi connectivity index (χ4n) is 3.30. The van der Waals surface area contributed by atoms with E-state index in [4.69, 9.17) is 16.3 Å². The highest BCUT2D eigenvalue weighted by Crippen LogP contribution is 2.40. The average Bonchev–Trinajstić information content (AvgIpc) is 3.11. The van der Waals surface area contributed by atoms with Crippen LogP contribution < -0.4 is 20.8 Å². The molecule has 3 N–H and O–H groups in total. The Morgan fingerprint density at radius 2 is 2.22 bits per heavy atom. The number of H-pyrrole nitrogens is 1. The fourth-order valence-corrected chi connectivity index (χ4v) is 5.01. The molecule has 0 bridgehead atoms. The number of fused-ring (bicyclic) bond motifs is 2. The van der Waals surface area contributed by atoms with Crippen LogP contribution in [0.5, 0.6) is 5.75 Å². The van der Waals surface area contributed by atoms with Gasteiger partial charge >= 0.3 is 0 Å². The molecule has 0 aliphatic carbocycles. The van der Waals surface area contributed by atoms with Crippen molar-refractivity contribution in [3.63, 3.8) is 0 Å². The number of thiophene rings is 1. The maximum atomic E-state index is 12.0. The standard InChI is InChI=1S/C19H19BrClN3O2S/c20-13-9-11(21)8-12-14(2-6-26-18(12)13)22-4-1-5-23-17-10-16(25)19-15(24-17)3-7-27-19/h3,7-10,14,22H,1-2,4-6H2,(H2,23,24,25). The second-order valence-corrected chi connectivity index (χ2v) is 8.65. The average molecular weight is 469 g/mol.